The number of halogens is 1. The summed E-state index contributed by atoms with van der Waals surface area (Å²) in [6.45, 7) is 1.74. The van der Waals surface area contributed by atoms with Crippen molar-refractivity contribution in [3.8, 4) is 5.88 Å². The van der Waals surface area contributed by atoms with Crippen molar-refractivity contribution < 1.29 is 19.4 Å². The van der Waals surface area contributed by atoms with Crippen molar-refractivity contribution in [3.05, 3.63) is 22.8 Å². The van der Waals surface area contributed by atoms with Crippen LogP contribution in [-0.2, 0) is 4.79 Å². The zero-order valence-corrected chi connectivity index (χ0v) is 9.82. The van der Waals surface area contributed by atoms with Crippen LogP contribution in [0, 0.1) is 0 Å². The van der Waals surface area contributed by atoms with Crippen molar-refractivity contribution >= 4 is 23.5 Å². The predicted octanol–water partition coefficient (Wildman–Crippen LogP) is 0.948. The minimum absolute atomic E-state index is 0.180. The van der Waals surface area contributed by atoms with Crippen molar-refractivity contribution in [2.45, 2.75) is 6.92 Å². The molecule has 7 heteroatoms. The molecule has 1 amide bonds. The summed E-state index contributed by atoms with van der Waals surface area (Å²) in [5.41, 5.74) is 0.180. The summed E-state index contributed by atoms with van der Waals surface area (Å²) in [5.74, 6) is -1.43. The Hall–Kier alpha value is -1.82. The molecular formula is C10H11ClN2O4. The first-order valence-corrected chi connectivity index (χ1v) is 5.20. The summed E-state index contributed by atoms with van der Waals surface area (Å²) >= 11 is 5.83. The van der Waals surface area contributed by atoms with E-state index in [9.17, 15) is 9.59 Å². The fraction of sp³-hybridized carbons (Fsp3) is 0.300. The number of pyridine rings is 1. The highest BCUT2D eigenvalue weighted by Crippen LogP contribution is 2.22. The highest BCUT2D eigenvalue weighted by molar-refractivity contribution is 6.32. The lowest BCUT2D eigenvalue weighted by Crippen LogP contribution is -2.29. The van der Waals surface area contributed by atoms with Gasteiger partial charge in [-0.1, -0.05) is 11.6 Å². The van der Waals surface area contributed by atoms with E-state index >= 15 is 0 Å². The van der Waals surface area contributed by atoms with Crippen LogP contribution in [0.2, 0.25) is 5.02 Å². The summed E-state index contributed by atoms with van der Waals surface area (Å²) < 4.78 is 5.10. The molecule has 0 aliphatic rings. The molecule has 1 aromatic rings. The highest BCUT2D eigenvalue weighted by atomic mass is 35.5. The van der Waals surface area contributed by atoms with Crippen LogP contribution < -0.4 is 10.1 Å². The number of rotatable bonds is 5. The lowest BCUT2D eigenvalue weighted by Gasteiger charge is -2.06. The standard InChI is InChI=1S/C10H11ClN2O4/c1-2-17-10-7(11)3-6(4-13-10)9(16)12-5-8(14)15/h3-4H,2,5H2,1H3,(H,12,16)(H,14,15). The third kappa shape index (κ3) is 3.92. The largest absolute Gasteiger partial charge is 0.480 e. The van der Waals surface area contributed by atoms with E-state index in [0.29, 0.717) is 6.61 Å². The number of aromatic nitrogens is 1. The first-order valence-electron chi connectivity index (χ1n) is 4.83. The molecule has 1 heterocycles. The SMILES string of the molecule is CCOc1ncc(C(=O)NCC(=O)O)cc1Cl. The monoisotopic (exact) mass is 258 g/mol. The van der Waals surface area contributed by atoms with Crippen LogP contribution in [0.5, 0.6) is 5.88 Å². The third-order valence-corrected chi connectivity index (χ3v) is 2.02. The molecule has 1 rings (SSSR count). The number of amides is 1. The molecule has 0 aliphatic carbocycles. The average molecular weight is 259 g/mol. The number of nitrogens with zero attached hydrogens (tertiary/aromatic N) is 1. The van der Waals surface area contributed by atoms with Gasteiger partial charge in [0.25, 0.3) is 5.91 Å². The molecule has 0 saturated carbocycles. The summed E-state index contributed by atoms with van der Waals surface area (Å²) in [5, 5.41) is 10.8. The zero-order valence-electron chi connectivity index (χ0n) is 9.07. The van der Waals surface area contributed by atoms with Crippen molar-refractivity contribution in [1.82, 2.24) is 10.3 Å². The summed E-state index contributed by atoms with van der Waals surface area (Å²) in [7, 11) is 0. The maximum atomic E-state index is 11.5. The van der Waals surface area contributed by atoms with Gasteiger partial charge in [-0.05, 0) is 13.0 Å². The Morgan fingerprint density at radius 3 is 2.82 bits per heavy atom. The zero-order chi connectivity index (χ0) is 12.8. The fourth-order valence-corrected chi connectivity index (χ4v) is 1.27. The Kier molecular flexibility index (Phi) is 4.71. The Bertz CT molecular complexity index is 436. The van der Waals surface area contributed by atoms with Crippen molar-refractivity contribution in [2.24, 2.45) is 0 Å². The molecule has 6 nitrogen and oxygen atoms in total. The fourth-order valence-electron chi connectivity index (χ4n) is 1.05. The lowest BCUT2D eigenvalue weighted by molar-refractivity contribution is -0.135. The van der Waals surface area contributed by atoms with Crippen molar-refractivity contribution in [1.29, 1.82) is 0 Å². The minimum atomic E-state index is -1.12. The van der Waals surface area contributed by atoms with Crippen molar-refractivity contribution in [3.63, 3.8) is 0 Å². The molecular weight excluding hydrogens is 248 g/mol. The Balaban J connectivity index is 2.75. The van der Waals surface area contributed by atoms with Crippen molar-refractivity contribution in [2.75, 3.05) is 13.2 Å². The Morgan fingerprint density at radius 1 is 1.59 bits per heavy atom. The van der Waals surface area contributed by atoms with Gasteiger partial charge in [0.2, 0.25) is 5.88 Å². The van der Waals surface area contributed by atoms with Gasteiger partial charge >= 0.3 is 5.97 Å². The van der Waals surface area contributed by atoms with E-state index in [1.54, 1.807) is 6.92 Å². The summed E-state index contributed by atoms with van der Waals surface area (Å²) in [6.07, 6.45) is 1.27. The normalized spacial score (nSPS) is 9.76. The Morgan fingerprint density at radius 2 is 2.29 bits per heavy atom. The molecule has 2 N–H and O–H groups in total. The minimum Gasteiger partial charge on any atom is -0.480 e. The van der Waals surface area contributed by atoms with Gasteiger partial charge in [-0.15, -0.1) is 0 Å². The highest BCUT2D eigenvalue weighted by Gasteiger charge is 2.11. The molecule has 0 aromatic carbocycles. The molecule has 0 atom stereocenters. The maximum Gasteiger partial charge on any atom is 0.322 e. The summed E-state index contributed by atoms with van der Waals surface area (Å²) in [6, 6.07) is 1.37. The van der Waals surface area contributed by atoms with Crippen LogP contribution in [0.25, 0.3) is 0 Å². The third-order valence-electron chi connectivity index (χ3n) is 1.75. The number of carbonyl (C=O) groups is 2. The Labute approximate surface area is 103 Å². The van der Waals surface area contributed by atoms with E-state index in [1.165, 1.54) is 12.3 Å². The van der Waals surface area contributed by atoms with Crippen LogP contribution in [0.4, 0.5) is 0 Å². The number of carbonyl (C=O) groups excluding carboxylic acids is 1. The number of carboxylic acids is 1. The second-order valence-electron chi connectivity index (χ2n) is 3.02. The van der Waals surface area contributed by atoms with E-state index in [4.69, 9.17) is 21.4 Å². The van der Waals surface area contributed by atoms with Crippen LogP contribution in [0.15, 0.2) is 12.3 Å². The summed E-state index contributed by atoms with van der Waals surface area (Å²) in [4.78, 5) is 25.6. The molecule has 0 radical (unpaired) electrons. The van der Waals surface area contributed by atoms with E-state index in [2.05, 4.69) is 10.3 Å². The molecule has 92 valence electrons. The van der Waals surface area contributed by atoms with Crippen LogP contribution in [-0.4, -0.2) is 35.1 Å². The van der Waals surface area contributed by atoms with E-state index in [0.717, 1.165) is 0 Å². The van der Waals surface area contributed by atoms with E-state index in [1.807, 2.05) is 0 Å². The van der Waals surface area contributed by atoms with Gasteiger partial charge in [-0.25, -0.2) is 4.98 Å². The molecule has 0 fully saturated rings. The second kappa shape index (κ2) is 6.05. The first kappa shape index (κ1) is 13.2. The van der Waals surface area contributed by atoms with Gasteiger partial charge in [0.15, 0.2) is 0 Å². The van der Waals surface area contributed by atoms with Crippen LogP contribution in [0.3, 0.4) is 0 Å². The van der Waals surface area contributed by atoms with Crippen LogP contribution in [0.1, 0.15) is 17.3 Å². The first-order chi connectivity index (χ1) is 8.04. The maximum absolute atomic E-state index is 11.5. The molecule has 0 spiro atoms. The number of hydrogen-bond donors (Lipinski definition) is 2. The second-order valence-corrected chi connectivity index (χ2v) is 3.43. The molecule has 1 aromatic heterocycles. The molecule has 0 aliphatic heterocycles. The number of hydrogen-bond acceptors (Lipinski definition) is 4. The van der Waals surface area contributed by atoms with Gasteiger partial charge in [-0.2, -0.15) is 0 Å². The molecule has 0 saturated heterocycles. The topological polar surface area (TPSA) is 88.5 Å². The number of ether oxygens (including phenoxy) is 1. The number of nitrogens with one attached hydrogen (secondary N) is 1. The van der Waals surface area contributed by atoms with E-state index in [-0.39, 0.29) is 16.5 Å². The van der Waals surface area contributed by atoms with Gasteiger partial charge in [0.05, 0.1) is 12.2 Å². The van der Waals surface area contributed by atoms with Gasteiger partial charge in [0.1, 0.15) is 11.6 Å². The molecule has 0 bridgehead atoms. The number of aliphatic carboxylic acids is 1. The van der Waals surface area contributed by atoms with Crippen LogP contribution >= 0.6 is 11.6 Å². The number of carboxylic acid groups (broad SMARTS) is 1. The molecule has 17 heavy (non-hydrogen) atoms. The van der Waals surface area contributed by atoms with Gasteiger partial charge in [-0.3, -0.25) is 9.59 Å². The van der Waals surface area contributed by atoms with Gasteiger partial charge < -0.3 is 15.2 Å². The lowest BCUT2D eigenvalue weighted by atomic mass is 10.2. The van der Waals surface area contributed by atoms with E-state index < -0.39 is 18.4 Å². The quantitative estimate of drug-likeness (QED) is 0.821. The molecule has 0 unspecified atom stereocenters. The average Bonchev–Trinajstić information content (AvgIpc) is 2.28. The van der Waals surface area contributed by atoms with Gasteiger partial charge in [0, 0.05) is 6.20 Å². The smallest absolute Gasteiger partial charge is 0.322 e. The predicted molar refractivity (Wildman–Crippen MR) is 60.4 cm³/mol.